The lowest BCUT2D eigenvalue weighted by Crippen LogP contribution is -2.60. The van der Waals surface area contributed by atoms with Crippen molar-refractivity contribution < 1.29 is 96.2 Å². The van der Waals surface area contributed by atoms with E-state index in [-0.39, 0.29) is 95.5 Å². The van der Waals surface area contributed by atoms with Crippen LogP contribution in [-0.2, 0) is 86.5 Å². The van der Waals surface area contributed by atoms with E-state index < -0.39 is 146 Å². The van der Waals surface area contributed by atoms with Crippen molar-refractivity contribution in [2.75, 3.05) is 77.5 Å². The maximum atomic E-state index is 13.9. The molecule has 34 nitrogen and oxygen atoms in total. The number of nitrogens with zero attached hydrogens (tertiary/aromatic N) is 6. The molecule has 0 radical (unpaired) electrons. The highest BCUT2D eigenvalue weighted by atomic mass is 33.1. The van der Waals surface area contributed by atoms with E-state index in [9.17, 15) is 77.2 Å². The molecule has 2 heterocycles. The monoisotopic (exact) mass is 1350 g/mol. The van der Waals surface area contributed by atoms with Gasteiger partial charge in [-0.2, -0.15) is 5.26 Å². The zero-order valence-corrected chi connectivity index (χ0v) is 53.1. The molecule has 2 aromatic heterocycles. The first kappa shape index (κ1) is 78.1. The molecule has 0 fully saturated rings. The lowest BCUT2D eigenvalue weighted by atomic mass is 10.0. The molecule has 0 aliphatic carbocycles. The van der Waals surface area contributed by atoms with Gasteiger partial charge in [-0.05, 0) is 36.5 Å². The van der Waals surface area contributed by atoms with Gasteiger partial charge in [0, 0.05) is 56.1 Å². The number of carboxylic acids is 3. The average Bonchev–Trinajstić information content (AvgIpc) is 2.44. The zero-order valence-electron chi connectivity index (χ0n) is 51.5. The van der Waals surface area contributed by atoms with E-state index in [1.807, 2.05) is 6.07 Å². The molecule has 0 spiro atoms. The van der Waals surface area contributed by atoms with Gasteiger partial charge in [0.05, 0.1) is 90.3 Å². The molecule has 0 aliphatic heterocycles. The summed E-state index contributed by atoms with van der Waals surface area (Å²) in [5.41, 5.74) is 1.15. The summed E-state index contributed by atoms with van der Waals surface area (Å²) in [6.07, 6.45) is 1.22. The minimum absolute atomic E-state index is 0.00296. The smallest absolute Gasteiger partial charge is 0.305 e. The first-order chi connectivity index (χ1) is 44.4. The number of alkyl halides is 1. The number of hydrogen-bond donors (Lipinski definition) is 12. The number of benzene rings is 1. The van der Waals surface area contributed by atoms with Crippen LogP contribution >= 0.6 is 21.6 Å². The summed E-state index contributed by atoms with van der Waals surface area (Å²) in [5, 5.41) is 67.4. The van der Waals surface area contributed by atoms with Gasteiger partial charge in [-0.15, -0.1) is 5.10 Å². The van der Waals surface area contributed by atoms with Crippen LogP contribution in [-0.4, -0.2) is 225 Å². The van der Waals surface area contributed by atoms with Gasteiger partial charge in [0.15, 0.2) is 5.75 Å². The van der Waals surface area contributed by atoms with Crippen LogP contribution in [0.1, 0.15) is 87.2 Å². The van der Waals surface area contributed by atoms with Gasteiger partial charge in [-0.25, -0.2) is 19.0 Å². The number of carbonyl (C=O) groups excluding carboxylic acids is 9. The molecule has 12 N–H and O–H groups in total. The highest BCUT2D eigenvalue weighted by Crippen LogP contribution is 2.21. The number of halogens is 1. The zero-order chi connectivity index (χ0) is 68.7. The van der Waals surface area contributed by atoms with Gasteiger partial charge in [0.2, 0.25) is 53.1 Å². The summed E-state index contributed by atoms with van der Waals surface area (Å²) in [4.78, 5) is 163. The molecule has 1 unspecified atom stereocenters. The fourth-order valence-electron chi connectivity index (χ4n) is 7.88. The predicted molar refractivity (Wildman–Crippen MR) is 327 cm³/mol. The van der Waals surface area contributed by atoms with E-state index in [1.165, 1.54) is 47.9 Å². The van der Waals surface area contributed by atoms with Gasteiger partial charge in [0.25, 0.3) is 5.91 Å². The summed E-state index contributed by atoms with van der Waals surface area (Å²) in [6.45, 7) is 6.12. The van der Waals surface area contributed by atoms with Crippen molar-refractivity contribution in [3.8, 4) is 11.8 Å². The molecule has 0 bridgehead atoms. The molecule has 510 valence electrons. The van der Waals surface area contributed by atoms with E-state index in [1.54, 1.807) is 31.2 Å². The number of carboxylic acid groups (broad SMARTS) is 3. The maximum absolute atomic E-state index is 13.9. The second kappa shape index (κ2) is 43.6. The fraction of sp³-hybridized carbons (Fsp3) is 0.554. The van der Waals surface area contributed by atoms with Gasteiger partial charge < -0.3 is 82.1 Å². The third-order valence-electron chi connectivity index (χ3n) is 12.5. The van der Waals surface area contributed by atoms with Crippen molar-refractivity contribution in [1.29, 1.82) is 5.26 Å². The van der Waals surface area contributed by atoms with Crippen molar-refractivity contribution in [3.63, 3.8) is 0 Å². The van der Waals surface area contributed by atoms with Crippen molar-refractivity contribution in [3.05, 3.63) is 65.5 Å². The van der Waals surface area contributed by atoms with E-state index in [4.69, 9.17) is 24.2 Å². The maximum Gasteiger partial charge on any atom is 0.305 e. The Morgan fingerprint density at radius 3 is 1.85 bits per heavy atom. The van der Waals surface area contributed by atoms with Crippen LogP contribution in [0, 0.1) is 17.2 Å². The topological polar surface area (TPSA) is 491 Å². The second-order valence-electron chi connectivity index (χ2n) is 20.3. The van der Waals surface area contributed by atoms with Crippen LogP contribution in [0.25, 0.3) is 0 Å². The number of aromatic nitrogens is 5. The van der Waals surface area contributed by atoms with Crippen molar-refractivity contribution in [1.82, 2.24) is 72.8 Å². The Kier molecular flexibility index (Phi) is 36.6. The van der Waals surface area contributed by atoms with Crippen LogP contribution in [0.4, 0.5) is 4.39 Å². The van der Waals surface area contributed by atoms with E-state index in [0.29, 0.717) is 29.1 Å². The van der Waals surface area contributed by atoms with Gasteiger partial charge in [-0.1, -0.05) is 59.7 Å². The molecule has 1 aromatic carbocycles. The molecule has 6 atom stereocenters. The van der Waals surface area contributed by atoms with Crippen LogP contribution in [0.15, 0.2) is 42.9 Å². The molecule has 0 saturated carbocycles. The van der Waals surface area contributed by atoms with Crippen molar-refractivity contribution in [2.24, 2.45) is 5.92 Å². The number of nitrogens with one attached hydrogen (secondary N) is 9. The summed E-state index contributed by atoms with van der Waals surface area (Å²) in [5.74, 6) is -12.9. The number of carbonyl (C=O) groups is 12. The summed E-state index contributed by atoms with van der Waals surface area (Å²) < 4.78 is 35.2. The molecule has 93 heavy (non-hydrogen) atoms. The quantitative estimate of drug-likeness (QED) is 0.0214. The number of nitriles is 1. The average molecular weight is 1350 g/mol. The fourth-order valence-corrected chi connectivity index (χ4v) is 9.71. The Hall–Kier alpha value is -9.12. The van der Waals surface area contributed by atoms with Crippen LogP contribution < -0.4 is 52.6 Å². The molecule has 3 rings (SSSR count). The largest absolute Gasteiger partial charge is 0.490 e. The second-order valence-corrected chi connectivity index (χ2v) is 23.1. The van der Waals surface area contributed by atoms with Crippen molar-refractivity contribution >= 4 is 92.7 Å². The first-order valence-corrected chi connectivity index (χ1v) is 31.5. The number of amides is 9. The highest BCUT2D eigenvalue weighted by Gasteiger charge is 2.35. The number of rotatable bonds is 47. The SMILES string of the molecule is CCSSC[C@H](NC(=O)[C@H](CC(=O)O)NC(=O)C(NC(=O)[C@H](CCC(=O)O)NC(=O)[C@H](CC(=O)O)NC(C)=O)C(C)C)C(=O)NCC(=O)N[C@@H](Cc1cn(CCOCCOCCOCCF)nn1)C(=O)NCc1ccc(C(=O)NCCCOc2cnc(C#N)nc2)cc1. The summed E-state index contributed by atoms with van der Waals surface area (Å²) in [7, 11) is 2.41. The molecule has 37 heteroatoms. The number of aliphatic carboxylic acids is 3. The molecule has 0 saturated heterocycles. The van der Waals surface area contributed by atoms with E-state index in [2.05, 4.69) is 68.1 Å². The molecular formula is C56H78FN15O19S2. The Labute approximate surface area is 541 Å². The molecule has 0 aliphatic rings. The Morgan fingerprint density at radius 2 is 1.26 bits per heavy atom. The third kappa shape index (κ3) is 32.1. The third-order valence-corrected chi connectivity index (χ3v) is 15.0. The summed E-state index contributed by atoms with van der Waals surface area (Å²) in [6, 6.07) is -1.62. The first-order valence-electron chi connectivity index (χ1n) is 29.1. The normalized spacial score (nSPS) is 12.8. The molecule has 3 aromatic rings. The minimum atomic E-state index is -1.92. The van der Waals surface area contributed by atoms with E-state index in [0.717, 1.165) is 17.7 Å². The Balaban J connectivity index is 1.74. The Bertz CT molecular complexity index is 2980. The van der Waals surface area contributed by atoms with Gasteiger partial charge >= 0.3 is 17.9 Å². The van der Waals surface area contributed by atoms with Gasteiger partial charge in [-0.3, -0.25) is 57.5 Å². The Morgan fingerprint density at radius 1 is 0.667 bits per heavy atom. The van der Waals surface area contributed by atoms with E-state index >= 15 is 0 Å². The minimum Gasteiger partial charge on any atom is -0.490 e. The predicted octanol–water partition coefficient (Wildman–Crippen LogP) is -2.07. The van der Waals surface area contributed by atoms with Crippen LogP contribution in [0.5, 0.6) is 5.75 Å². The number of hydrogen-bond acceptors (Lipinski definition) is 23. The lowest BCUT2D eigenvalue weighted by molar-refractivity contribution is -0.142. The van der Waals surface area contributed by atoms with Crippen LogP contribution in [0.3, 0.4) is 0 Å². The molecular weight excluding hydrogens is 1270 g/mol. The molecule has 9 amide bonds. The highest BCUT2D eigenvalue weighted by molar-refractivity contribution is 8.76. The van der Waals surface area contributed by atoms with Crippen LogP contribution in [0.2, 0.25) is 0 Å². The summed E-state index contributed by atoms with van der Waals surface area (Å²) >= 11 is 0. The number of ether oxygens (including phenoxy) is 4. The lowest BCUT2D eigenvalue weighted by Gasteiger charge is -2.28. The van der Waals surface area contributed by atoms with Crippen molar-refractivity contribution in [2.45, 2.75) is 116 Å². The van der Waals surface area contributed by atoms with Gasteiger partial charge in [0.1, 0.15) is 49.0 Å². The standard InChI is InChI=1S/C56H78FN15O19S2/c1-5-92-93-32-43(68-55(86)42(25-48(79)80)67-56(87)49(33(2)3)69-53(84)39(11-12-46(75)76)66-54(85)41(24-47(77)78)64-34(4)73)52(83)63-30-45(74)65-40(23-37-31-72(71-70-37)15-18-89-20-22-90-21-19-88-17-13-57)51(82)62-27-35-7-9-36(10-8-35)50(81)59-14-6-16-91-38-28-60-44(26-58)61-29-38/h7-10,28-29,31,33,39-43,49H,5-6,11-25,27,30,32H2,1-4H3,(H,59,81)(H,62,82)(H,63,83)(H,64,73)(H,65,74)(H,66,85)(H,67,87)(H,68,86)(H,69,84)(H,75,76)(H,77,78)(H,79,80)/t39-,40-,41-,42-,43-,49?/m0/s1.